The number of thiol groups is 1. The number of carboxylic acid groups (broad SMARTS) is 4. The van der Waals surface area contributed by atoms with E-state index in [9.17, 15) is 72.9 Å². The number of aromatic amines is 2. The van der Waals surface area contributed by atoms with Crippen LogP contribution in [-0.2, 0) is 67.4 Å². The zero-order valence-electron chi connectivity index (χ0n) is 62.8. The van der Waals surface area contributed by atoms with Crippen LogP contribution in [0.3, 0.4) is 0 Å². The number of thiophene rings is 1. The Kier molecular flexibility index (Phi) is 30.7. The van der Waals surface area contributed by atoms with Gasteiger partial charge in [0.25, 0.3) is 28.8 Å². The summed E-state index contributed by atoms with van der Waals surface area (Å²) in [7, 11) is 2.37. The molecule has 9 heterocycles. The number of nitrogens with one attached hydrogen (secondary N) is 6. The van der Waals surface area contributed by atoms with E-state index in [-0.39, 0.29) is 133 Å². The summed E-state index contributed by atoms with van der Waals surface area (Å²) in [5.74, 6) is -8.11. The number of hydrogen-bond acceptors (Lipinski definition) is 36. The van der Waals surface area contributed by atoms with Crippen LogP contribution in [0.2, 0.25) is 0 Å². The van der Waals surface area contributed by atoms with Gasteiger partial charge in [0.2, 0.25) is 17.8 Å². The Balaban J connectivity index is 0.000000317. The van der Waals surface area contributed by atoms with E-state index in [0.29, 0.717) is 93.2 Å². The lowest BCUT2D eigenvalue weighted by atomic mass is 10.00. The molecule has 5 atom stereocenters. The van der Waals surface area contributed by atoms with Crippen molar-refractivity contribution in [3.05, 3.63) is 127 Å². The summed E-state index contributed by atoms with van der Waals surface area (Å²) in [5, 5.41) is 49.0. The van der Waals surface area contributed by atoms with Crippen molar-refractivity contribution in [3.63, 3.8) is 0 Å². The summed E-state index contributed by atoms with van der Waals surface area (Å²) < 4.78 is 17.1. The molecule has 5 unspecified atom stereocenters. The van der Waals surface area contributed by atoms with Crippen molar-refractivity contribution in [2.75, 3.05) is 109 Å². The van der Waals surface area contributed by atoms with Crippen molar-refractivity contribution in [3.8, 4) is 11.4 Å². The summed E-state index contributed by atoms with van der Waals surface area (Å²) in [5.41, 5.74) is 21.0. The monoisotopic (exact) mass is 1690 g/mol. The molecule has 2 aliphatic heterocycles. The molecule has 41 nitrogen and oxygen atoms in total. The molecule has 9 aromatic rings. The van der Waals surface area contributed by atoms with Crippen LogP contribution in [0.5, 0.6) is 0 Å². The number of carbonyl (C=O) groups is 10. The average Bonchev–Trinajstić information content (AvgIpc) is 1.63. The van der Waals surface area contributed by atoms with Crippen molar-refractivity contribution >= 4 is 172 Å². The fraction of sp³-hybridized carbons (Fsp3) is 0.389. The first-order chi connectivity index (χ1) is 56.1. The van der Waals surface area contributed by atoms with Gasteiger partial charge in [-0.15, -0.1) is 11.3 Å². The number of piperazine rings is 1. The van der Waals surface area contributed by atoms with E-state index in [1.807, 2.05) is 0 Å². The van der Waals surface area contributed by atoms with E-state index in [2.05, 4.69) is 100 Å². The quantitative estimate of drug-likeness (QED) is 0.0115. The third kappa shape index (κ3) is 24.6. The van der Waals surface area contributed by atoms with E-state index < -0.39 is 94.6 Å². The molecule has 11 rings (SSSR count). The van der Waals surface area contributed by atoms with Crippen LogP contribution in [0.15, 0.2) is 82.9 Å². The third-order valence-corrected chi connectivity index (χ3v) is 22.4. The largest absolute Gasteiger partial charge is 0.509 e. The number of fused-ring (bicyclic) bond motifs is 3. The second-order valence-electron chi connectivity index (χ2n) is 26.6. The second-order valence-corrected chi connectivity index (χ2v) is 30.7. The van der Waals surface area contributed by atoms with Crippen molar-refractivity contribution < 1.29 is 82.6 Å². The van der Waals surface area contributed by atoms with Crippen LogP contribution in [0, 0.1) is 18.8 Å². The number of benzene rings is 2. The molecule has 2 saturated heterocycles. The van der Waals surface area contributed by atoms with Crippen molar-refractivity contribution in [1.29, 1.82) is 0 Å². The molecule has 0 radical (unpaired) electrons. The van der Waals surface area contributed by atoms with Crippen LogP contribution in [0.1, 0.15) is 88.0 Å². The number of ketones is 2. The number of amides is 3. The molecule has 2 aromatic carbocycles. The highest BCUT2D eigenvalue weighted by molar-refractivity contribution is 8.76. The maximum atomic E-state index is 13.3. The zero-order valence-corrected chi connectivity index (χ0v) is 66.1. The molecule has 0 saturated carbocycles. The highest BCUT2D eigenvalue weighted by Crippen LogP contribution is 2.38. The maximum Gasteiger partial charge on any atom is 0.509 e. The number of carboxylic acids is 4. The van der Waals surface area contributed by atoms with Gasteiger partial charge < -0.3 is 82.9 Å². The summed E-state index contributed by atoms with van der Waals surface area (Å²) in [6, 6.07) is 9.50. The molecule has 618 valence electrons. The van der Waals surface area contributed by atoms with Gasteiger partial charge in [0.05, 0.1) is 77.7 Å². The first kappa shape index (κ1) is 87.1. The number of aliphatic carboxylic acids is 4. The van der Waals surface area contributed by atoms with Gasteiger partial charge in [-0.2, -0.15) is 22.6 Å². The smallest absolute Gasteiger partial charge is 0.481 e. The third-order valence-electron chi connectivity index (χ3n) is 18.2. The van der Waals surface area contributed by atoms with E-state index in [1.165, 1.54) is 54.4 Å². The van der Waals surface area contributed by atoms with E-state index >= 15 is 0 Å². The van der Waals surface area contributed by atoms with E-state index in [0.717, 1.165) is 37.3 Å². The summed E-state index contributed by atoms with van der Waals surface area (Å²) in [6.07, 6.45) is 2.40. The number of aromatic nitrogens is 12. The second kappa shape index (κ2) is 41.3. The number of nitrogen functional groups attached to an aromatic ring is 3. The van der Waals surface area contributed by atoms with Crippen LogP contribution in [0.4, 0.5) is 39.8 Å². The Morgan fingerprint density at radius 2 is 1.15 bits per heavy atom. The first-order valence-electron chi connectivity index (χ1n) is 36.2. The molecule has 117 heavy (non-hydrogen) atoms. The Morgan fingerprint density at radius 3 is 1.64 bits per heavy atom. The van der Waals surface area contributed by atoms with Crippen LogP contribution < -0.4 is 54.5 Å². The van der Waals surface area contributed by atoms with Crippen LogP contribution in [0.25, 0.3) is 43.9 Å². The number of aryl methyl sites for hydroxylation is 1. The standard InChI is InChI=1S/C49H57N15O12S3.C23H25N7O7S/c1-26-35(79-38-36(26)58-39(30-20-54-47(50)55-21-30)59-41(38)63-13-15-74-16-14-63)24-62-9-11-64(12-10-62)44(68)27(2)76-49(73)75-17-18-77-78-25-29(45(69)70)19-33(65)7-8-34(46(71)72)57-42(66)28-3-5-31(6-4-28)52-22-32-23-53-40-37(56-32)43(67)61-48(51)60-40;24-23-29-18-17(20(33)30-23)27-14(9-26-18)8-25-13-3-1-11(2-4-13)19(32)28-16(22(36)37)6-5-15(31)7-12(10-38)21(34)35/h3-6,20-21,23,27,29,34,52H,7-19,22,24-25H2,1-2H3,(H,57,66)(H,69,70)(H,71,72)(H2,50,54,55)(H3,51,53,60,61,67);1-4,9,12,16,25,38H,5-8,10H2,(H,28,32)(H,34,35)(H,36,37)(H3,24,26,29,30,33). The maximum absolute atomic E-state index is 13.3. The number of nitrogens with two attached hydrogens (primary N) is 3. The van der Waals surface area contributed by atoms with Crippen LogP contribution in [-0.4, -0.2) is 244 Å². The number of nitrogens with zero attached hydrogens (tertiary/aromatic N) is 13. The number of anilines is 6. The van der Waals surface area contributed by atoms with Crippen molar-refractivity contribution in [2.45, 2.75) is 90.2 Å². The number of ether oxygens (including phenoxy) is 3. The SMILES string of the molecule is Cc1c(CN2CCN(C(=O)C(C)OC(=O)OCCSSCC(CC(=O)CCC(NC(=O)c3ccc(NCc4cnc5nc(N)[nH]c(=O)c5n4)cc3)C(=O)O)C(=O)O)CC2)sc2c(N3CCOCC3)nc(-c3cnc(N)nc3)nc12.Nc1nc2ncc(CNc3ccc(C(=O)NC(CCC(=O)CC(CS)C(=O)O)C(=O)O)cc3)nc2c(=O)[nH]1. The van der Waals surface area contributed by atoms with E-state index in [4.69, 9.17) is 46.5 Å². The average molecular weight is 1690 g/mol. The van der Waals surface area contributed by atoms with Crippen LogP contribution >= 0.6 is 45.6 Å². The Bertz CT molecular complexity index is 5250. The highest BCUT2D eigenvalue weighted by Gasteiger charge is 2.32. The molecule has 16 N–H and O–H groups in total. The molecule has 2 fully saturated rings. The predicted octanol–water partition coefficient (Wildman–Crippen LogP) is 3.45. The lowest BCUT2D eigenvalue weighted by Crippen LogP contribution is -2.51. The molecular weight excluding hydrogens is 1610 g/mol. The van der Waals surface area contributed by atoms with Gasteiger partial charge in [0.15, 0.2) is 40.1 Å². The number of H-pyrrole nitrogens is 2. The molecule has 3 amide bonds. The summed E-state index contributed by atoms with van der Waals surface area (Å²) >= 11 is 5.56. The Hall–Kier alpha value is -12.3. The molecule has 7 aromatic heterocycles. The lowest BCUT2D eigenvalue weighted by Gasteiger charge is -2.35. The Labute approximate surface area is 681 Å². The molecular formula is C72H82N22O19S4. The van der Waals surface area contributed by atoms with E-state index in [1.54, 1.807) is 52.9 Å². The number of carbonyl (C=O) groups excluding carboxylic acids is 6. The van der Waals surface area contributed by atoms with Gasteiger partial charge in [-0.25, -0.2) is 54.3 Å². The minimum atomic E-state index is -1.43. The van der Waals surface area contributed by atoms with Crippen molar-refractivity contribution in [2.24, 2.45) is 11.8 Å². The molecule has 45 heteroatoms. The molecule has 0 spiro atoms. The van der Waals surface area contributed by atoms with Crippen molar-refractivity contribution in [1.82, 2.24) is 80.2 Å². The number of Topliss-reactive ketones (excluding diaryl/α,β-unsaturated/α-hetero) is 2. The minimum absolute atomic E-state index is 0.0203. The van der Waals surface area contributed by atoms with Gasteiger partial charge in [-0.1, -0.05) is 21.6 Å². The summed E-state index contributed by atoms with van der Waals surface area (Å²) in [6.45, 7) is 9.10. The topological polar surface area (TPSA) is 610 Å². The van der Waals surface area contributed by atoms with Gasteiger partial charge in [-0.3, -0.25) is 58.0 Å². The predicted molar refractivity (Wildman–Crippen MR) is 433 cm³/mol. The van der Waals surface area contributed by atoms with Gasteiger partial charge in [0, 0.05) is 129 Å². The summed E-state index contributed by atoms with van der Waals surface area (Å²) in [4.78, 5) is 202. The number of morpholine rings is 1. The fourth-order valence-electron chi connectivity index (χ4n) is 11.8. The first-order valence-corrected chi connectivity index (χ1v) is 40.2. The molecule has 2 aliphatic rings. The zero-order chi connectivity index (χ0) is 84.0. The molecule has 0 aliphatic carbocycles. The van der Waals surface area contributed by atoms with Gasteiger partial charge in [0.1, 0.15) is 30.3 Å². The fourth-order valence-corrected chi connectivity index (χ4v) is 15.5. The van der Waals surface area contributed by atoms with Gasteiger partial charge in [-0.05, 0) is 80.8 Å². The highest BCUT2D eigenvalue weighted by atomic mass is 33.1. The normalized spacial score (nSPS) is 14.2. The minimum Gasteiger partial charge on any atom is -0.481 e. The molecule has 0 bridgehead atoms. The number of rotatable bonds is 37. The number of hydrogen-bond donors (Lipinski definition) is 14. The lowest BCUT2D eigenvalue weighted by molar-refractivity contribution is -0.143. The van der Waals surface area contributed by atoms with Gasteiger partial charge >= 0.3 is 30.0 Å². The Morgan fingerprint density at radius 1 is 0.632 bits per heavy atom.